The van der Waals surface area contributed by atoms with E-state index in [4.69, 9.17) is 0 Å². The van der Waals surface area contributed by atoms with Crippen molar-refractivity contribution in [3.63, 3.8) is 0 Å². The number of halogens is 1. The first-order valence-electron chi connectivity index (χ1n) is 9.30. The van der Waals surface area contributed by atoms with Gasteiger partial charge in [-0.05, 0) is 24.1 Å². The van der Waals surface area contributed by atoms with Crippen LogP contribution >= 0.6 is 0 Å². The van der Waals surface area contributed by atoms with Crippen LogP contribution in [0.15, 0.2) is 54.6 Å². The average molecular weight is 377 g/mol. The van der Waals surface area contributed by atoms with Crippen LogP contribution in [0.1, 0.15) is 23.2 Å². The van der Waals surface area contributed by atoms with E-state index in [-0.39, 0.29) is 18.8 Å². The topological polar surface area (TPSA) is 66.1 Å². The Morgan fingerprint density at radius 1 is 1.07 bits per heavy atom. The number of aromatic amines is 1. The number of ketones is 1. The molecule has 0 radical (unpaired) electrons. The summed E-state index contributed by atoms with van der Waals surface area (Å²) in [7, 11) is 0. The number of rotatable bonds is 5. The Hall–Kier alpha value is -3.28. The Labute approximate surface area is 162 Å². The minimum atomic E-state index is -0.484. The Morgan fingerprint density at radius 2 is 1.82 bits per heavy atom. The van der Waals surface area contributed by atoms with Crippen LogP contribution in [0.5, 0.6) is 0 Å². The molecule has 4 rings (SSSR count). The van der Waals surface area contributed by atoms with E-state index in [1.807, 2.05) is 30.3 Å². The van der Waals surface area contributed by atoms with Crippen molar-refractivity contribution in [3.8, 4) is 11.3 Å². The molecule has 3 aromatic rings. The Bertz CT molecular complexity index is 1010. The number of aromatic nitrogens is 2. The molecule has 0 bridgehead atoms. The molecule has 1 aliphatic heterocycles. The molecule has 1 amide bonds. The molecular weight excluding hydrogens is 357 g/mol. The average Bonchev–Trinajstić information content (AvgIpc) is 3.15. The third kappa shape index (κ3) is 3.58. The summed E-state index contributed by atoms with van der Waals surface area (Å²) in [5.74, 6) is -1.25. The number of hydrogen-bond acceptors (Lipinski definition) is 3. The zero-order chi connectivity index (χ0) is 19.5. The number of H-pyrrole nitrogens is 1. The molecule has 142 valence electrons. The Morgan fingerprint density at radius 3 is 2.61 bits per heavy atom. The lowest BCUT2D eigenvalue weighted by Gasteiger charge is -2.26. The quantitative estimate of drug-likeness (QED) is 0.694. The fourth-order valence-electron chi connectivity index (χ4n) is 3.53. The standard InChI is InChI=1S/C22H20FN3O2/c23-18-9-5-4-8-16(18)21-17-14-26(13-12-19(17)24-25-21)22(28)20(27)11-10-15-6-2-1-3-7-15/h1-9H,10-14H2,(H,24,25). The smallest absolute Gasteiger partial charge is 0.290 e. The number of Topliss-reactive ketones (excluding diaryl/α,β-unsaturated/α-hetero) is 1. The normalized spacial score (nSPS) is 13.2. The number of hydrogen-bond donors (Lipinski definition) is 1. The van der Waals surface area contributed by atoms with Gasteiger partial charge < -0.3 is 4.90 Å². The maximum atomic E-state index is 14.2. The zero-order valence-corrected chi connectivity index (χ0v) is 15.3. The van der Waals surface area contributed by atoms with E-state index in [1.165, 1.54) is 11.0 Å². The second-order valence-electron chi connectivity index (χ2n) is 6.89. The van der Waals surface area contributed by atoms with E-state index in [9.17, 15) is 14.0 Å². The highest BCUT2D eigenvalue weighted by Gasteiger charge is 2.29. The predicted octanol–water partition coefficient (Wildman–Crippen LogP) is 3.30. The van der Waals surface area contributed by atoms with Crippen LogP contribution in [0.2, 0.25) is 0 Å². The summed E-state index contributed by atoms with van der Waals surface area (Å²) < 4.78 is 14.2. The van der Waals surface area contributed by atoms with Gasteiger partial charge in [0.2, 0.25) is 5.78 Å². The van der Waals surface area contributed by atoms with E-state index in [0.29, 0.717) is 30.6 Å². The molecule has 0 unspecified atom stereocenters. The van der Waals surface area contributed by atoms with Crippen molar-refractivity contribution in [2.75, 3.05) is 6.54 Å². The van der Waals surface area contributed by atoms with E-state index in [1.54, 1.807) is 18.2 Å². The Balaban J connectivity index is 1.47. The monoisotopic (exact) mass is 377 g/mol. The molecule has 28 heavy (non-hydrogen) atoms. The van der Waals surface area contributed by atoms with Crippen molar-refractivity contribution in [3.05, 3.63) is 77.2 Å². The van der Waals surface area contributed by atoms with Gasteiger partial charge in [-0.25, -0.2) is 4.39 Å². The SMILES string of the molecule is O=C(CCc1ccccc1)C(=O)N1CCc2[nH]nc(-c3ccccc3F)c2C1. The van der Waals surface area contributed by atoms with Crippen molar-refractivity contribution in [1.82, 2.24) is 15.1 Å². The van der Waals surface area contributed by atoms with Crippen molar-refractivity contribution in [1.29, 1.82) is 0 Å². The second-order valence-corrected chi connectivity index (χ2v) is 6.89. The first kappa shape index (κ1) is 18.1. The summed E-state index contributed by atoms with van der Waals surface area (Å²) in [6.07, 6.45) is 1.28. The number of nitrogens with one attached hydrogen (secondary N) is 1. The van der Waals surface area contributed by atoms with Crippen LogP contribution in [0.3, 0.4) is 0 Å². The van der Waals surface area contributed by atoms with Crippen LogP contribution in [0.4, 0.5) is 4.39 Å². The summed E-state index contributed by atoms with van der Waals surface area (Å²) in [6.45, 7) is 0.702. The van der Waals surface area contributed by atoms with Gasteiger partial charge in [0.15, 0.2) is 0 Å². The molecule has 0 fully saturated rings. The van der Waals surface area contributed by atoms with Crippen LogP contribution in [0, 0.1) is 5.82 Å². The fourth-order valence-corrected chi connectivity index (χ4v) is 3.53. The van der Waals surface area contributed by atoms with E-state index in [2.05, 4.69) is 10.2 Å². The summed E-state index contributed by atoms with van der Waals surface area (Å²) in [4.78, 5) is 26.6. The lowest BCUT2D eigenvalue weighted by atomic mass is 10.00. The van der Waals surface area contributed by atoms with Crippen LogP contribution < -0.4 is 0 Å². The van der Waals surface area contributed by atoms with Gasteiger partial charge in [0.05, 0.1) is 6.54 Å². The molecule has 0 atom stereocenters. The second kappa shape index (κ2) is 7.76. The number of benzene rings is 2. The zero-order valence-electron chi connectivity index (χ0n) is 15.3. The van der Waals surface area contributed by atoms with E-state index in [0.717, 1.165) is 16.8 Å². The van der Waals surface area contributed by atoms with Gasteiger partial charge in [0.25, 0.3) is 5.91 Å². The molecule has 5 nitrogen and oxygen atoms in total. The highest BCUT2D eigenvalue weighted by atomic mass is 19.1. The van der Waals surface area contributed by atoms with Crippen LogP contribution in [0.25, 0.3) is 11.3 Å². The number of aryl methyl sites for hydroxylation is 1. The minimum Gasteiger partial charge on any atom is -0.331 e. The lowest BCUT2D eigenvalue weighted by Crippen LogP contribution is -2.40. The van der Waals surface area contributed by atoms with Crippen LogP contribution in [-0.2, 0) is 29.0 Å². The van der Waals surface area contributed by atoms with Crippen molar-refractivity contribution < 1.29 is 14.0 Å². The first-order chi connectivity index (χ1) is 13.6. The van der Waals surface area contributed by atoms with E-state index >= 15 is 0 Å². The van der Waals surface area contributed by atoms with Gasteiger partial charge in [-0.1, -0.05) is 42.5 Å². The van der Waals surface area contributed by atoms with Gasteiger partial charge >= 0.3 is 0 Å². The summed E-state index contributed by atoms with van der Waals surface area (Å²) in [5.41, 5.74) is 3.59. The van der Waals surface area contributed by atoms with Crippen molar-refractivity contribution >= 4 is 11.7 Å². The number of amides is 1. The molecule has 0 saturated heterocycles. The van der Waals surface area contributed by atoms with Gasteiger partial charge in [-0.2, -0.15) is 5.10 Å². The third-order valence-electron chi connectivity index (χ3n) is 5.07. The first-order valence-corrected chi connectivity index (χ1v) is 9.30. The third-order valence-corrected chi connectivity index (χ3v) is 5.07. The molecule has 0 saturated carbocycles. The highest BCUT2D eigenvalue weighted by Crippen LogP contribution is 2.30. The summed E-state index contributed by atoms with van der Waals surface area (Å²) in [6, 6.07) is 16.0. The maximum absolute atomic E-state index is 14.2. The number of nitrogens with zero attached hydrogens (tertiary/aromatic N) is 2. The molecule has 0 aliphatic carbocycles. The van der Waals surface area contributed by atoms with Gasteiger partial charge in [0.1, 0.15) is 11.5 Å². The number of fused-ring (bicyclic) bond motifs is 1. The molecule has 1 aliphatic rings. The van der Waals surface area contributed by atoms with Gasteiger partial charge in [-0.3, -0.25) is 14.7 Å². The molecule has 2 heterocycles. The van der Waals surface area contributed by atoms with Crippen LogP contribution in [-0.4, -0.2) is 33.3 Å². The lowest BCUT2D eigenvalue weighted by molar-refractivity contribution is -0.145. The number of carbonyl (C=O) groups is 2. The molecule has 2 aromatic carbocycles. The highest BCUT2D eigenvalue weighted by molar-refractivity contribution is 6.36. The maximum Gasteiger partial charge on any atom is 0.290 e. The molecular formula is C22H20FN3O2. The van der Waals surface area contributed by atoms with Gasteiger partial charge in [0, 0.05) is 36.2 Å². The summed E-state index contributed by atoms with van der Waals surface area (Å²) in [5, 5.41) is 7.20. The fraction of sp³-hybridized carbons (Fsp3) is 0.227. The molecule has 1 N–H and O–H groups in total. The minimum absolute atomic E-state index is 0.178. The van der Waals surface area contributed by atoms with E-state index < -0.39 is 11.7 Å². The Kier molecular flexibility index (Phi) is 5.02. The molecule has 0 spiro atoms. The van der Waals surface area contributed by atoms with Crippen molar-refractivity contribution in [2.24, 2.45) is 0 Å². The van der Waals surface area contributed by atoms with Crippen molar-refractivity contribution in [2.45, 2.75) is 25.8 Å². The number of carbonyl (C=O) groups excluding carboxylic acids is 2. The molecule has 6 heteroatoms. The predicted molar refractivity (Wildman–Crippen MR) is 103 cm³/mol. The summed E-state index contributed by atoms with van der Waals surface area (Å²) >= 11 is 0. The van der Waals surface area contributed by atoms with Gasteiger partial charge in [-0.15, -0.1) is 0 Å². The largest absolute Gasteiger partial charge is 0.331 e. The molecule has 1 aromatic heterocycles.